The molecule has 0 atom stereocenters. The first-order chi connectivity index (χ1) is 8.70. The Labute approximate surface area is 121 Å². The summed E-state index contributed by atoms with van der Waals surface area (Å²) in [4.78, 5) is 0. The molecule has 2 aromatic heterocycles. The van der Waals surface area contributed by atoms with Crippen LogP contribution < -0.4 is 5.32 Å². The number of nitrogens with one attached hydrogen (secondary N) is 1. The van der Waals surface area contributed by atoms with Gasteiger partial charge in [0.1, 0.15) is 0 Å². The minimum absolute atomic E-state index is 0. The van der Waals surface area contributed by atoms with Crippen LogP contribution in [0.4, 0.5) is 0 Å². The Bertz CT molecular complexity index is 501. The molecule has 0 aliphatic heterocycles. The normalized spacial score (nSPS) is 10.5. The lowest BCUT2D eigenvalue weighted by Crippen LogP contribution is -2.14. The van der Waals surface area contributed by atoms with Crippen molar-refractivity contribution in [1.82, 2.24) is 19.7 Å². The molecule has 0 aromatic carbocycles. The van der Waals surface area contributed by atoms with E-state index in [1.54, 1.807) is 0 Å². The summed E-state index contributed by atoms with van der Waals surface area (Å²) in [6.45, 7) is 7.01. The topological polar surface area (TPSA) is 34.8 Å². The molecule has 0 saturated carbocycles. The number of rotatable bonds is 6. The van der Waals surface area contributed by atoms with Crippen molar-refractivity contribution in [1.29, 1.82) is 0 Å². The van der Waals surface area contributed by atoms with Gasteiger partial charge in [0.15, 0.2) is 0 Å². The molecule has 5 heteroatoms. The average Bonchev–Trinajstić information content (AvgIpc) is 2.88. The highest BCUT2D eigenvalue weighted by molar-refractivity contribution is 5.85. The second-order valence-corrected chi connectivity index (χ2v) is 4.72. The number of nitrogens with zero attached hydrogens (tertiary/aromatic N) is 3. The summed E-state index contributed by atoms with van der Waals surface area (Å²) in [6, 6.07) is 4.21. The van der Waals surface area contributed by atoms with Crippen LogP contribution in [-0.2, 0) is 26.7 Å². The van der Waals surface area contributed by atoms with Gasteiger partial charge in [-0.15, -0.1) is 12.4 Å². The van der Waals surface area contributed by atoms with Gasteiger partial charge in [-0.1, -0.05) is 6.92 Å². The van der Waals surface area contributed by atoms with Crippen molar-refractivity contribution in [3.05, 3.63) is 41.5 Å². The van der Waals surface area contributed by atoms with Crippen LogP contribution in [0.3, 0.4) is 0 Å². The van der Waals surface area contributed by atoms with E-state index >= 15 is 0 Å². The summed E-state index contributed by atoms with van der Waals surface area (Å²) in [7, 11) is 2.07. The molecule has 0 spiro atoms. The van der Waals surface area contributed by atoms with E-state index in [-0.39, 0.29) is 12.4 Å². The quantitative estimate of drug-likeness (QED) is 0.884. The maximum atomic E-state index is 4.51. The molecular weight excluding hydrogens is 260 g/mol. The number of hydrogen-bond donors (Lipinski definition) is 1. The summed E-state index contributed by atoms with van der Waals surface area (Å²) in [6.07, 6.45) is 5.34. The highest BCUT2D eigenvalue weighted by atomic mass is 35.5. The van der Waals surface area contributed by atoms with Gasteiger partial charge < -0.3 is 9.88 Å². The summed E-state index contributed by atoms with van der Waals surface area (Å²) >= 11 is 0. The highest BCUT2D eigenvalue weighted by Crippen LogP contribution is 2.06. The second-order valence-electron chi connectivity index (χ2n) is 4.72. The molecule has 0 fully saturated rings. The third-order valence-electron chi connectivity index (χ3n) is 3.17. The fraction of sp³-hybridized carbons (Fsp3) is 0.500. The van der Waals surface area contributed by atoms with Gasteiger partial charge >= 0.3 is 0 Å². The fourth-order valence-electron chi connectivity index (χ4n) is 2.08. The molecular formula is C14H23ClN4. The molecule has 4 nitrogen and oxygen atoms in total. The van der Waals surface area contributed by atoms with Gasteiger partial charge in [-0.25, -0.2) is 0 Å². The van der Waals surface area contributed by atoms with Gasteiger partial charge in [-0.2, -0.15) is 5.10 Å². The summed E-state index contributed by atoms with van der Waals surface area (Å²) in [5.41, 5.74) is 3.72. The molecule has 0 unspecified atom stereocenters. The van der Waals surface area contributed by atoms with Crippen molar-refractivity contribution in [3.8, 4) is 0 Å². The molecule has 19 heavy (non-hydrogen) atoms. The van der Waals surface area contributed by atoms with E-state index in [4.69, 9.17) is 0 Å². The summed E-state index contributed by atoms with van der Waals surface area (Å²) in [5.74, 6) is 0. The Hall–Kier alpha value is -1.26. The largest absolute Gasteiger partial charge is 0.353 e. The van der Waals surface area contributed by atoms with Crippen molar-refractivity contribution in [3.63, 3.8) is 0 Å². The van der Waals surface area contributed by atoms with Gasteiger partial charge in [0.25, 0.3) is 0 Å². The predicted molar refractivity (Wildman–Crippen MR) is 80.5 cm³/mol. The Morgan fingerprint density at radius 3 is 2.74 bits per heavy atom. The molecule has 0 saturated heterocycles. The van der Waals surface area contributed by atoms with Crippen LogP contribution in [-0.4, -0.2) is 14.3 Å². The molecule has 2 heterocycles. The number of aryl methyl sites for hydroxylation is 3. The molecule has 0 aliphatic rings. The molecule has 2 rings (SSSR count). The zero-order chi connectivity index (χ0) is 13.0. The maximum Gasteiger partial charge on any atom is 0.0638 e. The van der Waals surface area contributed by atoms with Crippen molar-refractivity contribution in [2.45, 2.75) is 39.9 Å². The molecule has 0 radical (unpaired) electrons. The Balaban J connectivity index is 0.00000180. The van der Waals surface area contributed by atoms with E-state index in [9.17, 15) is 0 Å². The summed E-state index contributed by atoms with van der Waals surface area (Å²) in [5, 5.41) is 7.97. The van der Waals surface area contributed by atoms with E-state index < -0.39 is 0 Å². The lowest BCUT2D eigenvalue weighted by Gasteiger charge is -2.05. The molecule has 106 valence electrons. The number of aromatic nitrogens is 3. The SMILES string of the molecule is CCCn1cc(CNCc2cccn2C)c(C)n1.Cl. The zero-order valence-electron chi connectivity index (χ0n) is 11.9. The van der Waals surface area contributed by atoms with Crippen molar-refractivity contribution in [2.24, 2.45) is 7.05 Å². The molecule has 0 amide bonds. The Kier molecular flexibility index (Phi) is 6.12. The third kappa shape index (κ3) is 4.11. The molecule has 0 bridgehead atoms. The van der Waals surface area contributed by atoms with E-state index in [1.807, 2.05) is 4.68 Å². The van der Waals surface area contributed by atoms with Gasteiger partial charge in [0, 0.05) is 50.3 Å². The van der Waals surface area contributed by atoms with Crippen LogP contribution in [0.1, 0.15) is 30.3 Å². The second kappa shape index (κ2) is 7.36. The highest BCUT2D eigenvalue weighted by Gasteiger charge is 2.04. The van der Waals surface area contributed by atoms with Gasteiger partial charge in [0.2, 0.25) is 0 Å². The first-order valence-corrected chi connectivity index (χ1v) is 6.54. The van der Waals surface area contributed by atoms with Gasteiger partial charge in [0.05, 0.1) is 5.69 Å². The first-order valence-electron chi connectivity index (χ1n) is 6.54. The van der Waals surface area contributed by atoms with Crippen molar-refractivity contribution >= 4 is 12.4 Å². The van der Waals surface area contributed by atoms with Gasteiger partial charge in [-0.3, -0.25) is 4.68 Å². The Morgan fingerprint density at radius 2 is 2.11 bits per heavy atom. The van der Waals surface area contributed by atoms with Crippen LogP contribution in [0.5, 0.6) is 0 Å². The maximum absolute atomic E-state index is 4.51. The van der Waals surface area contributed by atoms with E-state index in [2.05, 4.69) is 60.4 Å². The first kappa shape index (κ1) is 15.8. The lowest BCUT2D eigenvalue weighted by atomic mass is 10.2. The van der Waals surface area contributed by atoms with Crippen molar-refractivity contribution < 1.29 is 0 Å². The van der Waals surface area contributed by atoms with E-state index in [1.165, 1.54) is 11.3 Å². The lowest BCUT2D eigenvalue weighted by molar-refractivity contribution is 0.597. The number of hydrogen-bond acceptors (Lipinski definition) is 2. The third-order valence-corrected chi connectivity index (χ3v) is 3.17. The van der Waals surface area contributed by atoms with E-state index in [0.29, 0.717) is 0 Å². The van der Waals surface area contributed by atoms with Crippen LogP contribution >= 0.6 is 12.4 Å². The van der Waals surface area contributed by atoms with Crippen LogP contribution in [0, 0.1) is 6.92 Å². The van der Waals surface area contributed by atoms with E-state index in [0.717, 1.165) is 31.7 Å². The van der Waals surface area contributed by atoms with Crippen LogP contribution in [0.25, 0.3) is 0 Å². The minimum Gasteiger partial charge on any atom is -0.353 e. The molecule has 1 N–H and O–H groups in total. The Morgan fingerprint density at radius 1 is 1.32 bits per heavy atom. The monoisotopic (exact) mass is 282 g/mol. The smallest absolute Gasteiger partial charge is 0.0638 e. The van der Waals surface area contributed by atoms with Crippen molar-refractivity contribution in [2.75, 3.05) is 0 Å². The minimum atomic E-state index is 0. The zero-order valence-corrected chi connectivity index (χ0v) is 12.7. The predicted octanol–water partition coefficient (Wildman–Crippen LogP) is 2.65. The fourth-order valence-corrected chi connectivity index (χ4v) is 2.08. The summed E-state index contributed by atoms with van der Waals surface area (Å²) < 4.78 is 4.18. The molecule has 0 aliphatic carbocycles. The molecule has 2 aromatic rings. The van der Waals surface area contributed by atoms with Crippen LogP contribution in [0.2, 0.25) is 0 Å². The average molecular weight is 283 g/mol. The van der Waals surface area contributed by atoms with Gasteiger partial charge in [-0.05, 0) is 25.5 Å². The number of halogens is 1. The van der Waals surface area contributed by atoms with Crippen LogP contribution in [0.15, 0.2) is 24.5 Å². The standard InChI is InChI=1S/C14H22N4.ClH/c1-4-7-18-11-13(12(2)16-18)9-15-10-14-6-5-8-17(14)3;/h5-6,8,11,15H,4,7,9-10H2,1-3H3;1H.